The van der Waals surface area contributed by atoms with E-state index in [4.69, 9.17) is 9.16 Å². The minimum Gasteiger partial charge on any atom is -0.515 e. The molecule has 3 saturated heterocycles. The fourth-order valence-corrected chi connectivity index (χ4v) is 8.73. The third-order valence-corrected chi connectivity index (χ3v) is 10.2. The zero-order valence-electron chi connectivity index (χ0n) is 25.2. The van der Waals surface area contributed by atoms with Gasteiger partial charge >= 0.3 is 11.9 Å². The maximum atomic E-state index is 13.8. The molecule has 40 heavy (non-hydrogen) atoms. The second-order valence-electron chi connectivity index (χ2n) is 13.9. The number of hydrogen-bond donors (Lipinski definition) is 2. The highest BCUT2D eigenvalue weighted by Gasteiger charge is 2.55. The highest BCUT2D eigenvalue weighted by molar-refractivity contribution is 8.00. The van der Waals surface area contributed by atoms with E-state index in [1.165, 1.54) is 0 Å². The Kier molecular flexibility index (Phi) is 8.56. The Morgan fingerprint density at radius 1 is 1.12 bits per heavy atom. The van der Waals surface area contributed by atoms with E-state index in [0.29, 0.717) is 23.4 Å². The largest absolute Gasteiger partial charge is 0.515 e. The number of esters is 1. The van der Waals surface area contributed by atoms with Gasteiger partial charge in [0.2, 0.25) is 14.2 Å². The van der Waals surface area contributed by atoms with Crippen LogP contribution >= 0.6 is 11.8 Å². The quantitative estimate of drug-likeness (QED) is 0.195. The molecule has 3 fully saturated rings. The van der Waals surface area contributed by atoms with E-state index < -0.39 is 40.1 Å². The van der Waals surface area contributed by atoms with Crippen LogP contribution in [0.1, 0.15) is 33.6 Å². The van der Waals surface area contributed by atoms with Gasteiger partial charge in [-0.2, -0.15) is 0 Å². The molecule has 0 bridgehead atoms. The third kappa shape index (κ3) is 6.75. The molecule has 4 aliphatic rings. The van der Waals surface area contributed by atoms with E-state index in [1.807, 2.05) is 40.4 Å². The number of nitrogens with zero attached hydrogens (tertiary/aromatic N) is 2. The molecule has 0 aromatic rings. The van der Waals surface area contributed by atoms with Gasteiger partial charge in [0.05, 0.1) is 0 Å². The molecule has 10 nitrogen and oxygen atoms in total. The van der Waals surface area contributed by atoms with E-state index in [0.717, 1.165) is 13.0 Å². The lowest BCUT2D eigenvalue weighted by atomic mass is 10.0. The highest BCUT2D eigenvalue weighted by atomic mass is 32.2. The van der Waals surface area contributed by atoms with Crippen LogP contribution in [0.25, 0.3) is 0 Å². The Hall–Kier alpha value is -1.94. The first-order chi connectivity index (χ1) is 18.4. The topological polar surface area (TPSA) is 117 Å². The van der Waals surface area contributed by atoms with Gasteiger partial charge in [-0.1, -0.05) is 19.6 Å². The molecular weight excluding hydrogens is 565 g/mol. The Labute approximate surface area is 243 Å². The molecule has 0 aliphatic carbocycles. The minimum absolute atomic E-state index is 0.114. The first-order valence-electron chi connectivity index (χ1n) is 14.0. The Balaban J connectivity index is 1.71. The van der Waals surface area contributed by atoms with Crippen molar-refractivity contribution in [2.75, 3.05) is 18.8 Å². The van der Waals surface area contributed by atoms with Gasteiger partial charge in [-0.25, -0.2) is 9.59 Å². The van der Waals surface area contributed by atoms with Crippen molar-refractivity contribution in [3.05, 3.63) is 22.9 Å². The predicted octanol–water partition coefficient (Wildman–Crippen LogP) is 2.56. The summed E-state index contributed by atoms with van der Waals surface area (Å²) in [6.45, 7) is 19.0. The number of nitrogens with one attached hydrogen (secondary N) is 2. The fourth-order valence-electron chi connectivity index (χ4n) is 5.43. The molecule has 0 radical (unpaired) electrons. The van der Waals surface area contributed by atoms with Crippen molar-refractivity contribution >= 4 is 52.1 Å². The number of hydrogen-bond acceptors (Lipinski definition) is 9. The molecule has 1 unspecified atom stereocenters. The summed E-state index contributed by atoms with van der Waals surface area (Å²) in [5.41, 5.74) is 0.567. The molecule has 4 atom stereocenters. The molecule has 2 N–H and O–H groups in total. The second kappa shape index (κ2) is 11.0. The number of amides is 2. The summed E-state index contributed by atoms with van der Waals surface area (Å²) in [6.07, 6.45) is 2.66. The summed E-state index contributed by atoms with van der Waals surface area (Å²) in [5.74, 6) is -0.883. The molecule has 4 aliphatic heterocycles. The summed E-state index contributed by atoms with van der Waals surface area (Å²) in [5, 5.41) is 3.07. The number of fused-ring (bicyclic) bond motifs is 1. The van der Waals surface area contributed by atoms with Gasteiger partial charge in [0.25, 0.3) is 5.91 Å². The van der Waals surface area contributed by atoms with Crippen molar-refractivity contribution in [1.29, 1.82) is 0 Å². The third-order valence-electron chi connectivity index (χ3n) is 6.89. The van der Waals surface area contributed by atoms with Crippen LogP contribution in [-0.4, -0.2) is 98.0 Å². The van der Waals surface area contributed by atoms with Crippen LogP contribution in [0.4, 0.5) is 0 Å². The molecule has 4 heterocycles. The number of thioether (sulfide) groups is 1. The lowest BCUT2D eigenvalue weighted by Gasteiger charge is -2.51. The van der Waals surface area contributed by atoms with Crippen LogP contribution in [-0.2, 0) is 28.3 Å². The van der Waals surface area contributed by atoms with Crippen LogP contribution in [0.3, 0.4) is 0 Å². The maximum absolute atomic E-state index is 13.8. The van der Waals surface area contributed by atoms with Crippen molar-refractivity contribution in [3.63, 3.8) is 0 Å². The summed E-state index contributed by atoms with van der Waals surface area (Å²) >= 11 is 1.58. The van der Waals surface area contributed by atoms with Crippen LogP contribution in [0.2, 0.25) is 39.3 Å². The second-order valence-corrected chi connectivity index (χ2v) is 24.3. The number of rotatable bonds is 7. The molecule has 0 aromatic carbocycles. The molecule has 0 spiro atoms. The van der Waals surface area contributed by atoms with E-state index in [9.17, 15) is 19.2 Å². The van der Waals surface area contributed by atoms with Crippen molar-refractivity contribution in [1.82, 2.24) is 20.1 Å². The van der Waals surface area contributed by atoms with E-state index in [-0.39, 0.29) is 41.4 Å². The Bertz CT molecular complexity index is 1150. The van der Waals surface area contributed by atoms with E-state index in [2.05, 4.69) is 29.9 Å². The summed E-state index contributed by atoms with van der Waals surface area (Å²) in [4.78, 5) is 60.6. The Morgan fingerprint density at radius 2 is 1.80 bits per heavy atom. The maximum Gasteiger partial charge on any atom is 0.342 e. The summed E-state index contributed by atoms with van der Waals surface area (Å²) in [7, 11) is -4.03. The average Bonchev–Trinajstić information content (AvgIpc) is 3.42. The number of β-lactam (4-membered cyclic amide) rings is 1. The number of carbonyl (C=O) groups excluding carboxylic acids is 4. The van der Waals surface area contributed by atoms with Gasteiger partial charge in [-0.05, 0) is 65.0 Å². The standard InChI is InChI=1S/C27H44N4O6SSi2/c1-27(2,3)36-25(34)19-13-16(22(32)30(19)18-10-11-28-14-18)12-17-15-38-24-20(29-39(4,5)6)23(33)31(24)21(17)26(35)37-40(7,8)9/h12,18-20,24,28-29H,10-11,13-15H2,1-9H3/b16-12-/t18?,19-,20-,24-/m1/s1. The molecular formula is C27H44N4O6SSi2. The number of likely N-dealkylation sites (tertiary alicyclic amines) is 1. The van der Waals surface area contributed by atoms with Crippen LogP contribution in [0.15, 0.2) is 22.9 Å². The van der Waals surface area contributed by atoms with E-state index in [1.54, 1.807) is 27.6 Å². The summed E-state index contributed by atoms with van der Waals surface area (Å²) < 4.78 is 11.6. The lowest BCUT2D eigenvalue weighted by Crippen LogP contribution is -2.73. The Morgan fingerprint density at radius 3 is 2.35 bits per heavy atom. The zero-order valence-corrected chi connectivity index (χ0v) is 28.0. The van der Waals surface area contributed by atoms with Crippen LogP contribution in [0.5, 0.6) is 0 Å². The van der Waals surface area contributed by atoms with Crippen LogP contribution in [0, 0.1) is 0 Å². The van der Waals surface area contributed by atoms with E-state index >= 15 is 0 Å². The number of carbonyl (C=O) groups is 4. The normalized spacial score (nSPS) is 28.7. The monoisotopic (exact) mass is 608 g/mol. The van der Waals surface area contributed by atoms with Gasteiger partial charge in [0, 0.05) is 30.3 Å². The number of ether oxygens (including phenoxy) is 1. The minimum atomic E-state index is -2.28. The van der Waals surface area contributed by atoms with Crippen LogP contribution < -0.4 is 10.3 Å². The van der Waals surface area contributed by atoms with Crippen molar-refractivity contribution in [2.24, 2.45) is 0 Å². The molecule has 0 saturated carbocycles. The van der Waals surface area contributed by atoms with Gasteiger partial charge in [0.1, 0.15) is 37.0 Å². The van der Waals surface area contributed by atoms with Gasteiger partial charge in [0.15, 0.2) is 0 Å². The van der Waals surface area contributed by atoms with Gasteiger partial charge in [-0.15, -0.1) is 11.8 Å². The van der Waals surface area contributed by atoms with Gasteiger partial charge in [-0.3, -0.25) is 14.5 Å². The first-order valence-corrected chi connectivity index (χ1v) is 22.0. The molecule has 13 heteroatoms. The van der Waals surface area contributed by atoms with Crippen molar-refractivity contribution < 1.29 is 28.3 Å². The number of allylic oxidation sites excluding steroid dienone is 1. The molecule has 222 valence electrons. The zero-order chi connectivity index (χ0) is 29.8. The molecule has 2 amide bonds. The average molecular weight is 609 g/mol. The van der Waals surface area contributed by atoms with Gasteiger partial charge < -0.3 is 24.4 Å². The molecule has 4 rings (SSSR count). The first kappa shape index (κ1) is 31.0. The SMILES string of the molecule is CC(C)(C)OC(=O)[C@H]1C/C(=C/C2=C(C(=O)O[Si](C)(C)C)N3C(=O)[C@@H](N[Si](C)(C)C)[C@H]3SC2)C(=O)N1C1CCNC1. The van der Waals surface area contributed by atoms with Crippen molar-refractivity contribution in [3.8, 4) is 0 Å². The predicted molar refractivity (Wildman–Crippen MR) is 160 cm³/mol. The molecule has 0 aromatic heterocycles. The lowest BCUT2D eigenvalue weighted by molar-refractivity contribution is -0.163. The fraction of sp³-hybridized carbons (Fsp3) is 0.704. The summed E-state index contributed by atoms with van der Waals surface area (Å²) in [6, 6.07) is -1.20. The van der Waals surface area contributed by atoms with Crippen molar-refractivity contribution in [2.45, 2.75) is 102 Å². The highest BCUT2D eigenvalue weighted by Crippen LogP contribution is 2.43. The smallest absolute Gasteiger partial charge is 0.342 e.